The molecule has 1 amide bonds. The van der Waals surface area contributed by atoms with E-state index in [1.165, 1.54) is 0 Å². The van der Waals surface area contributed by atoms with E-state index in [-0.39, 0.29) is 11.8 Å². The number of nitrogens with one attached hydrogen (secondary N) is 2. The van der Waals surface area contributed by atoms with Gasteiger partial charge in [0.25, 0.3) is 0 Å². The Morgan fingerprint density at radius 2 is 1.79 bits per heavy atom. The van der Waals surface area contributed by atoms with E-state index >= 15 is 0 Å². The number of rotatable bonds is 6. The Kier molecular flexibility index (Phi) is 7.55. The fourth-order valence-electron chi connectivity index (χ4n) is 2.71. The van der Waals surface area contributed by atoms with Crippen LogP contribution in [0.2, 0.25) is 0 Å². The van der Waals surface area contributed by atoms with Crippen molar-refractivity contribution in [1.82, 2.24) is 15.5 Å². The molecular formula is C18H28N4O2. The number of amides is 1. The first-order valence-corrected chi connectivity index (χ1v) is 8.69. The molecule has 0 saturated carbocycles. The van der Waals surface area contributed by atoms with E-state index in [1.807, 2.05) is 49.1 Å². The second kappa shape index (κ2) is 9.93. The zero-order valence-corrected chi connectivity index (χ0v) is 14.6. The summed E-state index contributed by atoms with van der Waals surface area (Å²) in [5.41, 5.74) is 1.00. The van der Waals surface area contributed by atoms with E-state index in [0.717, 1.165) is 24.6 Å². The SMILES string of the molecule is CCNC(=NCC(C(=O)N1CCOCC1)c1ccccc1)NCC. The summed E-state index contributed by atoms with van der Waals surface area (Å²) in [6, 6.07) is 9.89. The van der Waals surface area contributed by atoms with Crippen LogP contribution < -0.4 is 10.6 Å². The van der Waals surface area contributed by atoms with E-state index in [4.69, 9.17) is 4.74 Å². The van der Waals surface area contributed by atoms with Gasteiger partial charge in [-0.15, -0.1) is 0 Å². The van der Waals surface area contributed by atoms with E-state index in [9.17, 15) is 4.79 Å². The molecule has 1 unspecified atom stereocenters. The summed E-state index contributed by atoms with van der Waals surface area (Å²) in [5.74, 6) is 0.605. The lowest BCUT2D eigenvalue weighted by atomic mass is 9.97. The summed E-state index contributed by atoms with van der Waals surface area (Å²) in [5, 5.41) is 6.41. The molecule has 1 aliphatic rings. The number of carbonyl (C=O) groups is 1. The van der Waals surface area contributed by atoms with Crippen LogP contribution in [0.3, 0.4) is 0 Å². The second-order valence-electron chi connectivity index (χ2n) is 5.65. The lowest BCUT2D eigenvalue weighted by molar-refractivity contribution is -0.136. The predicted octanol–water partition coefficient (Wildman–Crippen LogP) is 1.20. The maximum atomic E-state index is 13.0. The van der Waals surface area contributed by atoms with Crippen molar-refractivity contribution < 1.29 is 9.53 Å². The summed E-state index contributed by atoms with van der Waals surface area (Å²) in [4.78, 5) is 19.5. The predicted molar refractivity (Wildman–Crippen MR) is 96.2 cm³/mol. The average molecular weight is 332 g/mol. The highest BCUT2D eigenvalue weighted by atomic mass is 16.5. The molecule has 24 heavy (non-hydrogen) atoms. The van der Waals surface area contributed by atoms with E-state index in [2.05, 4.69) is 15.6 Å². The largest absolute Gasteiger partial charge is 0.378 e. The number of hydrogen-bond acceptors (Lipinski definition) is 3. The molecule has 0 radical (unpaired) electrons. The van der Waals surface area contributed by atoms with E-state index in [1.54, 1.807) is 0 Å². The summed E-state index contributed by atoms with van der Waals surface area (Å²) >= 11 is 0. The standard InChI is InChI=1S/C18H28N4O2/c1-3-19-18(20-4-2)21-14-16(15-8-6-5-7-9-15)17(23)22-10-12-24-13-11-22/h5-9,16H,3-4,10-14H2,1-2H3,(H2,19,20,21). The molecule has 0 aromatic heterocycles. The third-order valence-electron chi connectivity index (χ3n) is 3.94. The number of nitrogens with zero attached hydrogens (tertiary/aromatic N) is 2. The maximum Gasteiger partial charge on any atom is 0.232 e. The quantitative estimate of drug-likeness (QED) is 0.607. The minimum atomic E-state index is -0.267. The molecule has 1 aromatic carbocycles. The van der Waals surface area contributed by atoms with Crippen LogP contribution in [-0.4, -0.2) is 62.7 Å². The first-order valence-electron chi connectivity index (χ1n) is 8.69. The lowest BCUT2D eigenvalue weighted by Gasteiger charge is -2.30. The third-order valence-corrected chi connectivity index (χ3v) is 3.94. The molecular weight excluding hydrogens is 304 g/mol. The summed E-state index contributed by atoms with van der Waals surface area (Å²) in [6.45, 7) is 8.58. The van der Waals surface area contributed by atoms with Crippen molar-refractivity contribution in [3.8, 4) is 0 Å². The first-order chi connectivity index (χ1) is 11.8. The zero-order chi connectivity index (χ0) is 17.2. The minimum Gasteiger partial charge on any atom is -0.378 e. The molecule has 1 aliphatic heterocycles. The lowest BCUT2D eigenvalue weighted by Crippen LogP contribution is -2.44. The van der Waals surface area contributed by atoms with Crippen LogP contribution >= 0.6 is 0 Å². The van der Waals surface area contributed by atoms with Crippen LogP contribution in [0.15, 0.2) is 35.3 Å². The van der Waals surface area contributed by atoms with Gasteiger partial charge in [0.15, 0.2) is 5.96 Å². The molecule has 2 N–H and O–H groups in total. The number of hydrogen-bond donors (Lipinski definition) is 2. The van der Waals surface area contributed by atoms with Crippen molar-refractivity contribution in [1.29, 1.82) is 0 Å². The molecule has 1 atom stereocenters. The van der Waals surface area contributed by atoms with Crippen molar-refractivity contribution in [2.24, 2.45) is 4.99 Å². The van der Waals surface area contributed by atoms with E-state index in [0.29, 0.717) is 32.8 Å². The van der Waals surface area contributed by atoms with Gasteiger partial charge in [-0.1, -0.05) is 30.3 Å². The fourth-order valence-corrected chi connectivity index (χ4v) is 2.71. The molecule has 0 spiro atoms. The Balaban J connectivity index is 2.16. The minimum absolute atomic E-state index is 0.126. The van der Waals surface area contributed by atoms with E-state index < -0.39 is 0 Å². The Hall–Kier alpha value is -2.08. The first kappa shape index (κ1) is 18.3. The van der Waals surface area contributed by atoms with Crippen molar-refractivity contribution in [3.05, 3.63) is 35.9 Å². The highest BCUT2D eigenvalue weighted by Gasteiger charge is 2.27. The number of benzene rings is 1. The van der Waals surface area contributed by atoms with Crippen LogP contribution in [0.4, 0.5) is 0 Å². The monoisotopic (exact) mass is 332 g/mol. The molecule has 0 aliphatic carbocycles. The molecule has 2 rings (SSSR count). The molecule has 1 saturated heterocycles. The summed E-state index contributed by atoms with van der Waals surface area (Å²) in [7, 11) is 0. The van der Waals surface area contributed by atoms with Gasteiger partial charge in [-0.3, -0.25) is 9.79 Å². The second-order valence-corrected chi connectivity index (χ2v) is 5.65. The fraction of sp³-hybridized carbons (Fsp3) is 0.556. The van der Waals surface area contributed by atoms with Gasteiger partial charge in [0.05, 0.1) is 25.7 Å². The average Bonchev–Trinajstić information content (AvgIpc) is 2.63. The molecule has 1 aromatic rings. The summed E-state index contributed by atoms with van der Waals surface area (Å²) < 4.78 is 5.36. The van der Waals surface area contributed by atoms with Crippen LogP contribution in [0.25, 0.3) is 0 Å². The molecule has 1 heterocycles. The van der Waals surface area contributed by atoms with Gasteiger partial charge in [-0.25, -0.2) is 0 Å². The van der Waals surface area contributed by atoms with Gasteiger partial charge < -0.3 is 20.3 Å². The van der Waals surface area contributed by atoms with Crippen LogP contribution in [0.5, 0.6) is 0 Å². The van der Waals surface area contributed by atoms with Gasteiger partial charge in [-0.2, -0.15) is 0 Å². The maximum absolute atomic E-state index is 13.0. The number of guanidine groups is 1. The normalized spacial score (nSPS) is 15.5. The molecule has 132 valence electrons. The van der Waals surface area contributed by atoms with Crippen LogP contribution in [0, 0.1) is 0 Å². The van der Waals surface area contributed by atoms with Crippen molar-refractivity contribution in [2.45, 2.75) is 19.8 Å². The van der Waals surface area contributed by atoms with Crippen LogP contribution in [-0.2, 0) is 9.53 Å². The number of ether oxygens (including phenoxy) is 1. The number of aliphatic imine (C=N–C) groups is 1. The highest BCUT2D eigenvalue weighted by Crippen LogP contribution is 2.20. The Bertz CT molecular complexity index is 519. The van der Waals surface area contributed by atoms with Crippen molar-refractivity contribution in [3.63, 3.8) is 0 Å². The summed E-state index contributed by atoms with van der Waals surface area (Å²) in [6.07, 6.45) is 0. The van der Waals surface area contributed by atoms with Crippen molar-refractivity contribution >= 4 is 11.9 Å². The molecule has 1 fully saturated rings. The Labute approximate surface area is 144 Å². The Morgan fingerprint density at radius 1 is 1.17 bits per heavy atom. The third kappa shape index (κ3) is 5.23. The topological polar surface area (TPSA) is 66.0 Å². The van der Waals surface area contributed by atoms with Gasteiger partial charge in [0.2, 0.25) is 5.91 Å². The smallest absolute Gasteiger partial charge is 0.232 e. The Morgan fingerprint density at radius 3 is 2.38 bits per heavy atom. The molecule has 6 heteroatoms. The zero-order valence-electron chi connectivity index (χ0n) is 14.6. The highest BCUT2D eigenvalue weighted by molar-refractivity contribution is 5.85. The molecule has 0 bridgehead atoms. The van der Waals surface area contributed by atoms with Crippen LogP contribution in [0.1, 0.15) is 25.3 Å². The van der Waals surface area contributed by atoms with Gasteiger partial charge in [0.1, 0.15) is 0 Å². The number of morpholine rings is 1. The van der Waals surface area contributed by atoms with Gasteiger partial charge in [0, 0.05) is 26.2 Å². The van der Waals surface area contributed by atoms with Gasteiger partial charge in [-0.05, 0) is 19.4 Å². The number of carbonyl (C=O) groups excluding carboxylic acids is 1. The molecule has 6 nitrogen and oxygen atoms in total. The van der Waals surface area contributed by atoms with Gasteiger partial charge >= 0.3 is 0 Å². The van der Waals surface area contributed by atoms with Crippen molar-refractivity contribution in [2.75, 3.05) is 45.9 Å².